The van der Waals surface area contributed by atoms with Crippen LogP contribution in [0, 0.1) is 10.1 Å². The second-order valence-electron chi connectivity index (χ2n) is 7.95. The van der Waals surface area contributed by atoms with Gasteiger partial charge in [0.15, 0.2) is 5.16 Å². The summed E-state index contributed by atoms with van der Waals surface area (Å²) >= 11 is 1.10. The Bertz CT molecular complexity index is 1250. The Hall–Kier alpha value is -3.77. The van der Waals surface area contributed by atoms with Crippen molar-refractivity contribution in [2.45, 2.75) is 35.5 Å². The summed E-state index contributed by atoms with van der Waals surface area (Å²) in [7, 11) is 1.74. The third-order valence-corrected chi connectivity index (χ3v) is 6.67. The number of anilines is 1. The molecule has 34 heavy (non-hydrogen) atoms. The summed E-state index contributed by atoms with van der Waals surface area (Å²) in [6.45, 7) is 1.32. The monoisotopic (exact) mass is 481 g/mol. The van der Waals surface area contributed by atoms with Gasteiger partial charge in [0.25, 0.3) is 11.6 Å². The van der Waals surface area contributed by atoms with E-state index in [0.717, 1.165) is 36.7 Å². The molecule has 11 nitrogen and oxygen atoms in total. The minimum atomic E-state index is -0.526. The number of hydrogen-bond donors (Lipinski definition) is 2. The second kappa shape index (κ2) is 10.0. The highest BCUT2D eigenvalue weighted by Crippen LogP contribution is 2.34. The Morgan fingerprint density at radius 2 is 2.12 bits per heavy atom. The van der Waals surface area contributed by atoms with Gasteiger partial charge in [0.1, 0.15) is 6.33 Å². The van der Waals surface area contributed by atoms with Crippen LogP contribution < -0.4 is 11.1 Å². The van der Waals surface area contributed by atoms with E-state index in [1.807, 2.05) is 23.1 Å². The van der Waals surface area contributed by atoms with E-state index in [1.54, 1.807) is 17.7 Å². The van der Waals surface area contributed by atoms with Crippen molar-refractivity contribution in [2.75, 3.05) is 11.9 Å². The fourth-order valence-electron chi connectivity index (χ4n) is 3.87. The Kier molecular flexibility index (Phi) is 6.89. The van der Waals surface area contributed by atoms with E-state index in [1.165, 1.54) is 24.5 Å². The maximum atomic E-state index is 12.8. The number of benzene rings is 2. The molecule has 1 fully saturated rings. The van der Waals surface area contributed by atoms with Crippen molar-refractivity contribution in [2.24, 2.45) is 12.8 Å². The molecule has 4 rings (SSSR count). The second-order valence-corrected chi connectivity index (χ2v) is 8.96. The molecule has 2 aromatic carbocycles. The van der Waals surface area contributed by atoms with Crippen LogP contribution in [0.15, 0.2) is 58.8 Å². The SMILES string of the molecule is Cn1cnnc1Sc1ccc(C(=O)Nc2cccc(CN3CCCC3C(N)=O)c2)cc1[N+](=O)[O-]. The van der Waals surface area contributed by atoms with Crippen LogP contribution in [0.3, 0.4) is 0 Å². The molecular weight excluding hydrogens is 458 g/mol. The molecule has 2 heterocycles. The minimum absolute atomic E-state index is 0.160. The maximum absolute atomic E-state index is 12.8. The average Bonchev–Trinajstić information content (AvgIpc) is 3.43. The van der Waals surface area contributed by atoms with Crippen molar-refractivity contribution in [3.63, 3.8) is 0 Å². The molecule has 3 aromatic rings. The van der Waals surface area contributed by atoms with Gasteiger partial charge in [-0.3, -0.25) is 24.6 Å². The first-order valence-electron chi connectivity index (χ1n) is 10.6. The van der Waals surface area contributed by atoms with Gasteiger partial charge in [-0.15, -0.1) is 10.2 Å². The van der Waals surface area contributed by atoms with Crippen LogP contribution in [0.2, 0.25) is 0 Å². The molecule has 0 spiro atoms. The van der Waals surface area contributed by atoms with E-state index in [0.29, 0.717) is 22.3 Å². The van der Waals surface area contributed by atoms with Crippen LogP contribution in [-0.4, -0.2) is 49.0 Å². The lowest BCUT2D eigenvalue weighted by molar-refractivity contribution is -0.387. The van der Waals surface area contributed by atoms with Crippen LogP contribution in [0.1, 0.15) is 28.8 Å². The number of nitro groups is 1. The van der Waals surface area contributed by atoms with Gasteiger partial charge in [0, 0.05) is 30.9 Å². The highest BCUT2D eigenvalue weighted by Gasteiger charge is 2.28. The Balaban J connectivity index is 1.49. The zero-order chi connectivity index (χ0) is 24.2. The molecule has 0 saturated carbocycles. The lowest BCUT2D eigenvalue weighted by atomic mass is 10.1. The fraction of sp³-hybridized carbons (Fsp3) is 0.273. The normalized spacial score (nSPS) is 15.9. The van der Waals surface area contributed by atoms with Gasteiger partial charge in [-0.05, 0) is 61.0 Å². The number of nitrogens with zero attached hydrogens (tertiary/aromatic N) is 5. The zero-order valence-corrected chi connectivity index (χ0v) is 19.2. The van der Waals surface area contributed by atoms with Gasteiger partial charge in [0.05, 0.1) is 15.9 Å². The van der Waals surface area contributed by atoms with Crippen molar-refractivity contribution < 1.29 is 14.5 Å². The van der Waals surface area contributed by atoms with Gasteiger partial charge < -0.3 is 15.6 Å². The Morgan fingerprint density at radius 1 is 1.29 bits per heavy atom. The number of nitrogens with one attached hydrogen (secondary N) is 1. The molecule has 0 radical (unpaired) electrons. The fourth-order valence-corrected chi connectivity index (χ4v) is 4.72. The van der Waals surface area contributed by atoms with Crippen LogP contribution in [0.25, 0.3) is 0 Å². The summed E-state index contributed by atoms with van der Waals surface area (Å²) in [4.78, 5) is 38.0. The topological polar surface area (TPSA) is 149 Å². The smallest absolute Gasteiger partial charge is 0.284 e. The third kappa shape index (κ3) is 5.24. The number of nitrogens with two attached hydrogens (primary N) is 1. The number of likely N-dealkylation sites (tertiary alicyclic amines) is 1. The van der Waals surface area contributed by atoms with E-state index in [4.69, 9.17) is 5.73 Å². The summed E-state index contributed by atoms with van der Waals surface area (Å²) in [6.07, 6.45) is 3.16. The lowest BCUT2D eigenvalue weighted by Crippen LogP contribution is -2.39. The highest BCUT2D eigenvalue weighted by atomic mass is 32.2. The Morgan fingerprint density at radius 3 is 2.82 bits per heavy atom. The van der Waals surface area contributed by atoms with Crippen molar-refractivity contribution in [3.8, 4) is 0 Å². The molecule has 12 heteroatoms. The predicted molar refractivity (Wildman–Crippen MR) is 125 cm³/mol. The van der Waals surface area contributed by atoms with E-state index in [2.05, 4.69) is 15.5 Å². The lowest BCUT2D eigenvalue weighted by Gasteiger charge is -2.22. The third-order valence-electron chi connectivity index (χ3n) is 5.55. The van der Waals surface area contributed by atoms with Crippen molar-refractivity contribution >= 4 is 35.0 Å². The highest BCUT2D eigenvalue weighted by molar-refractivity contribution is 7.99. The maximum Gasteiger partial charge on any atom is 0.284 e. The molecule has 1 saturated heterocycles. The summed E-state index contributed by atoms with van der Waals surface area (Å²) in [6, 6.07) is 11.3. The van der Waals surface area contributed by atoms with Gasteiger partial charge in [0.2, 0.25) is 5.91 Å². The molecule has 1 unspecified atom stereocenters. The van der Waals surface area contributed by atoms with E-state index >= 15 is 0 Å². The number of carbonyl (C=O) groups is 2. The number of carbonyl (C=O) groups excluding carboxylic acids is 2. The molecule has 2 amide bonds. The molecule has 1 aliphatic rings. The van der Waals surface area contributed by atoms with Gasteiger partial charge >= 0.3 is 0 Å². The van der Waals surface area contributed by atoms with Crippen LogP contribution >= 0.6 is 11.8 Å². The summed E-state index contributed by atoms with van der Waals surface area (Å²) in [5, 5.41) is 22.6. The number of nitro benzene ring substituents is 1. The number of aryl methyl sites for hydroxylation is 1. The Labute approximate surface area is 199 Å². The quantitative estimate of drug-likeness (QED) is 0.368. The minimum Gasteiger partial charge on any atom is -0.368 e. The molecule has 1 aliphatic heterocycles. The van der Waals surface area contributed by atoms with Gasteiger partial charge in [-0.2, -0.15) is 0 Å². The first kappa shape index (κ1) is 23.4. The summed E-state index contributed by atoms with van der Waals surface area (Å²) < 4.78 is 1.65. The number of primary amides is 1. The van der Waals surface area contributed by atoms with Crippen LogP contribution in [0.5, 0.6) is 0 Å². The average molecular weight is 482 g/mol. The van der Waals surface area contributed by atoms with Crippen LogP contribution in [-0.2, 0) is 18.4 Å². The van der Waals surface area contributed by atoms with E-state index < -0.39 is 10.8 Å². The zero-order valence-electron chi connectivity index (χ0n) is 18.4. The predicted octanol–water partition coefficient (Wildman–Crippen LogP) is 2.58. The van der Waals surface area contributed by atoms with Crippen molar-refractivity contribution in [1.82, 2.24) is 19.7 Å². The number of rotatable bonds is 8. The summed E-state index contributed by atoms with van der Waals surface area (Å²) in [5.41, 5.74) is 6.94. The van der Waals surface area contributed by atoms with Gasteiger partial charge in [-0.25, -0.2) is 0 Å². The largest absolute Gasteiger partial charge is 0.368 e. The number of amides is 2. The van der Waals surface area contributed by atoms with E-state index in [-0.39, 0.29) is 23.2 Å². The molecule has 3 N–H and O–H groups in total. The van der Waals surface area contributed by atoms with E-state index in [9.17, 15) is 19.7 Å². The molecule has 0 bridgehead atoms. The van der Waals surface area contributed by atoms with Crippen molar-refractivity contribution in [3.05, 3.63) is 70.0 Å². The van der Waals surface area contributed by atoms with Crippen molar-refractivity contribution in [1.29, 1.82) is 0 Å². The first-order valence-corrected chi connectivity index (χ1v) is 11.4. The molecule has 176 valence electrons. The van der Waals surface area contributed by atoms with Crippen LogP contribution in [0.4, 0.5) is 11.4 Å². The molecular formula is C22H23N7O4S. The first-order chi connectivity index (χ1) is 16.3. The standard InChI is InChI=1S/C22H23N7O4S/c1-27-13-24-26-22(27)34-19-8-7-15(11-18(19)29(32)33)21(31)25-16-5-2-4-14(10-16)12-28-9-3-6-17(28)20(23)30/h2,4-5,7-8,10-11,13,17H,3,6,9,12H2,1H3,(H2,23,30)(H,25,31). The molecule has 1 aromatic heterocycles. The number of aromatic nitrogens is 3. The van der Waals surface area contributed by atoms with Gasteiger partial charge in [-0.1, -0.05) is 12.1 Å². The molecule has 1 atom stereocenters. The summed E-state index contributed by atoms with van der Waals surface area (Å²) in [5.74, 6) is -0.795. The molecule has 0 aliphatic carbocycles. The number of hydrogen-bond acceptors (Lipinski definition) is 8.